The minimum atomic E-state index is 0.567. The largest absolute Gasteiger partial charge is 0.0917 e. The highest BCUT2D eigenvalue weighted by Gasteiger charge is 2.22. The molecule has 178 valence electrons. The van der Waals surface area contributed by atoms with E-state index in [0.29, 0.717) is 5.92 Å². The van der Waals surface area contributed by atoms with Crippen LogP contribution in [0.5, 0.6) is 0 Å². The molecule has 0 spiro atoms. The van der Waals surface area contributed by atoms with Gasteiger partial charge in [0.1, 0.15) is 0 Å². The van der Waals surface area contributed by atoms with E-state index in [0.717, 1.165) is 31.1 Å². The van der Waals surface area contributed by atoms with Crippen LogP contribution in [0.3, 0.4) is 0 Å². The summed E-state index contributed by atoms with van der Waals surface area (Å²) < 4.78 is 0. The van der Waals surface area contributed by atoms with Gasteiger partial charge in [0.05, 0.1) is 0 Å². The summed E-state index contributed by atoms with van der Waals surface area (Å²) in [4.78, 5) is 0. The first kappa shape index (κ1) is 24.5. The molecule has 0 amide bonds. The zero-order valence-electron chi connectivity index (χ0n) is 21.3. The maximum Gasteiger partial charge on any atom is -0.0150 e. The summed E-state index contributed by atoms with van der Waals surface area (Å²) in [6.07, 6.45) is 15.9. The van der Waals surface area contributed by atoms with Gasteiger partial charge in [0.15, 0.2) is 0 Å². The summed E-state index contributed by atoms with van der Waals surface area (Å²) >= 11 is 0. The number of aryl methyl sites for hydroxylation is 2. The number of hydrogen-bond donors (Lipinski definition) is 0. The molecule has 0 N–H and O–H groups in total. The minimum Gasteiger partial charge on any atom is -0.0917 e. The average molecular weight is 451 g/mol. The number of hydrogen-bond acceptors (Lipinski definition) is 0. The zero-order chi connectivity index (χ0) is 23.6. The Bertz CT molecular complexity index is 986. The molecule has 4 rings (SSSR count). The SMILES string of the molecule is C/C=C/CCc1ccc(CCC2CCC(c3ccc(CC(C)c4ccccc4)cc3)CC2)cc1. The molecule has 0 saturated heterocycles. The average Bonchev–Trinajstić information content (AvgIpc) is 2.90. The molecule has 1 saturated carbocycles. The highest BCUT2D eigenvalue weighted by atomic mass is 14.3. The van der Waals surface area contributed by atoms with Crippen LogP contribution in [0, 0.1) is 5.92 Å². The number of allylic oxidation sites excluding steroid dienone is 2. The summed E-state index contributed by atoms with van der Waals surface area (Å²) in [5.41, 5.74) is 7.43. The fourth-order valence-corrected chi connectivity index (χ4v) is 5.62. The third-order valence-electron chi connectivity index (χ3n) is 7.91. The monoisotopic (exact) mass is 450 g/mol. The lowest BCUT2D eigenvalue weighted by Gasteiger charge is -2.29. The van der Waals surface area contributed by atoms with E-state index in [1.807, 2.05) is 0 Å². The van der Waals surface area contributed by atoms with Gasteiger partial charge in [-0.15, -0.1) is 0 Å². The molecule has 0 aromatic heterocycles. The fraction of sp³-hybridized carbons (Fsp3) is 0.412. The number of rotatable bonds is 10. The smallest absolute Gasteiger partial charge is 0.0150 e. The molecule has 1 aliphatic carbocycles. The van der Waals surface area contributed by atoms with Gasteiger partial charge in [-0.2, -0.15) is 0 Å². The normalized spacial score (nSPS) is 19.4. The third kappa shape index (κ3) is 7.20. The van der Waals surface area contributed by atoms with Crippen LogP contribution in [0.15, 0.2) is 91.0 Å². The first-order valence-corrected chi connectivity index (χ1v) is 13.5. The van der Waals surface area contributed by atoms with Crippen LogP contribution in [0.4, 0.5) is 0 Å². The first-order chi connectivity index (χ1) is 16.7. The highest BCUT2D eigenvalue weighted by Crippen LogP contribution is 2.37. The van der Waals surface area contributed by atoms with Gasteiger partial charge in [-0.3, -0.25) is 0 Å². The summed E-state index contributed by atoms with van der Waals surface area (Å²) in [5.74, 6) is 2.22. The maximum absolute atomic E-state index is 2.41. The van der Waals surface area contributed by atoms with Crippen LogP contribution >= 0.6 is 0 Å². The van der Waals surface area contributed by atoms with Crippen molar-refractivity contribution in [3.05, 3.63) is 119 Å². The first-order valence-electron chi connectivity index (χ1n) is 13.5. The van der Waals surface area contributed by atoms with E-state index in [-0.39, 0.29) is 0 Å². The maximum atomic E-state index is 2.41. The van der Waals surface area contributed by atoms with Crippen molar-refractivity contribution in [2.75, 3.05) is 0 Å². The molecule has 1 atom stereocenters. The van der Waals surface area contributed by atoms with Gasteiger partial charge in [-0.25, -0.2) is 0 Å². The second-order valence-corrected chi connectivity index (χ2v) is 10.4. The molecule has 34 heavy (non-hydrogen) atoms. The molecule has 0 bridgehead atoms. The lowest BCUT2D eigenvalue weighted by atomic mass is 9.76. The lowest BCUT2D eigenvalue weighted by molar-refractivity contribution is 0.310. The van der Waals surface area contributed by atoms with E-state index in [1.54, 1.807) is 5.56 Å². The molecule has 1 unspecified atom stereocenters. The van der Waals surface area contributed by atoms with Crippen LogP contribution in [0.25, 0.3) is 0 Å². The standard InChI is InChI=1S/C34H42/c1-3-4-6-9-28-12-14-29(15-13-28)16-17-30-18-22-33(23-19-30)34-24-20-31(21-25-34)26-27(2)32-10-7-5-8-11-32/h3-5,7-8,10-15,20-21,24-25,27,30,33H,6,9,16-19,22-23,26H2,1-2H3/b4-3+. The predicted octanol–water partition coefficient (Wildman–Crippen LogP) is 9.45. The molecule has 0 heteroatoms. The van der Waals surface area contributed by atoms with Gasteiger partial charge in [0.25, 0.3) is 0 Å². The molecular weight excluding hydrogens is 408 g/mol. The Kier molecular flexibility index (Phi) is 9.19. The van der Waals surface area contributed by atoms with Gasteiger partial charge in [-0.05, 0) is 110 Å². The van der Waals surface area contributed by atoms with E-state index < -0.39 is 0 Å². The Morgan fingerprint density at radius 2 is 1.35 bits per heavy atom. The Morgan fingerprint density at radius 3 is 2.00 bits per heavy atom. The lowest BCUT2D eigenvalue weighted by Crippen LogP contribution is -2.14. The molecule has 3 aromatic rings. The van der Waals surface area contributed by atoms with Crippen molar-refractivity contribution in [3.8, 4) is 0 Å². The van der Waals surface area contributed by atoms with Crippen molar-refractivity contribution in [2.24, 2.45) is 5.92 Å². The van der Waals surface area contributed by atoms with Gasteiger partial charge >= 0.3 is 0 Å². The van der Waals surface area contributed by atoms with Gasteiger partial charge < -0.3 is 0 Å². The Labute approximate surface area is 208 Å². The summed E-state index contributed by atoms with van der Waals surface area (Å²) in [7, 11) is 0. The molecular formula is C34H42. The molecule has 0 heterocycles. The van der Waals surface area contributed by atoms with E-state index in [9.17, 15) is 0 Å². The zero-order valence-corrected chi connectivity index (χ0v) is 21.3. The van der Waals surface area contributed by atoms with Crippen molar-refractivity contribution < 1.29 is 0 Å². The second-order valence-electron chi connectivity index (χ2n) is 10.4. The summed E-state index contributed by atoms with van der Waals surface area (Å²) in [5, 5.41) is 0. The molecule has 1 aliphatic rings. The van der Waals surface area contributed by atoms with Crippen LogP contribution in [0.2, 0.25) is 0 Å². The Morgan fingerprint density at radius 1 is 0.735 bits per heavy atom. The van der Waals surface area contributed by atoms with E-state index in [2.05, 4.69) is 105 Å². The molecule has 1 fully saturated rings. The second kappa shape index (κ2) is 12.7. The van der Waals surface area contributed by atoms with Crippen molar-refractivity contribution in [2.45, 2.75) is 83.5 Å². The van der Waals surface area contributed by atoms with Crippen molar-refractivity contribution in [1.82, 2.24) is 0 Å². The van der Waals surface area contributed by atoms with Crippen molar-refractivity contribution >= 4 is 0 Å². The van der Waals surface area contributed by atoms with Gasteiger partial charge in [0.2, 0.25) is 0 Å². The highest BCUT2D eigenvalue weighted by molar-refractivity contribution is 5.29. The van der Waals surface area contributed by atoms with Gasteiger partial charge in [0, 0.05) is 0 Å². The van der Waals surface area contributed by atoms with Crippen LogP contribution in [0.1, 0.15) is 92.0 Å². The number of benzene rings is 3. The molecule has 0 nitrogen and oxygen atoms in total. The van der Waals surface area contributed by atoms with E-state index in [4.69, 9.17) is 0 Å². The van der Waals surface area contributed by atoms with Crippen LogP contribution in [-0.4, -0.2) is 0 Å². The topological polar surface area (TPSA) is 0 Å². The third-order valence-corrected chi connectivity index (χ3v) is 7.91. The van der Waals surface area contributed by atoms with Crippen molar-refractivity contribution in [1.29, 1.82) is 0 Å². The molecule has 3 aromatic carbocycles. The molecule has 0 radical (unpaired) electrons. The quantitative estimate of drug-likeness (QED) is 0.270. The minimum absolute atomic E-state index is 0.567. The van der Waals surface area contributed by atoms with Crippen LogP contribution in [-0.2, 0) is 19.3 Å². The summed E-state index contributed by atoms with van der Waals surface area (Å²) in [6.45, 7) is 4.44. The Balaban J connectivity index is 1.20. The summed E-state index contributed by atoms with van der Waals surface area (Å²) in [6, 6.07) is 29.9. The van der Waals surface area contributed by atoms with Crippen molar-refractivity contribution in [3.63, 3.8) is 0 Å². The predicted molar refractivity (Wildman–Crippen MR) is 148 cm³/mol. The van der Waals surface area contributed by atoms with E-state index in [1.165, 1.54) is 60.8 Å². The van der Waals surface area contributed by atoms with E-state index >= 15 is 0 Å². The van der Waals surface area contributed by atoms with Crippen LogP contribution < -0.4 is 0 Å². The fourth-order valence-electron chi connectivity index (χ4n) is 5.62. The molecule has 0 aliphatic heterocycles. The Hall–Kier alpha value is -2.60. The van der Waals surface area contributed by atoms with Gasteiger partial charge in [-0.1, -0.05) is 97.9 Å².